The Morgan fingerprint density at radius 2 is 1.81 bits per heavy atom. The van der Waals surface area contributed by atoms with Crippen LogP contribution in [0.3, 0.4) is 0 Å². The Hall–Kier alpha value is -3.40. The molecule has 2 aromatic carbocycles. The summed E-state index contributed by atoms with van der Waals surface area (Å²) in [5.41, 5.74) is 1.18. The first-order valence-electron chi connectivity index (χ1n) is 8.85. The van der Waals surface area contributed by atoms with Gasteiger partial charge in [0.25, 0.3) is 17.5 Å². The van der Waals surface area contributed by atoms with Crippen molar-refractivity contribution in [3.8, 4) is 10.4 Å². The zero-order chi connectivity index (χ0) is 22.1. The molecule has 154 valence electrons. The van der Waals surface area contributed by atoms with E-state index >= 15 is 0 Å². The van der Waals surface area contributed by atoms with Crippen molar-refractivity contribution in [2.75, 3.05) is 4.90 Å². The zero-order valence-corrected chi connectivity index (χ0v) is 18.0. The minimum absolute atomic E-state index is 0.0429. The highest BCUT2D eigenvalue weighted by atomic mass is 35.5. The van der Waals surface area contributed by atoms with Gasteiger partial charge in [0.05, 0.1) is 16.2 Å². The summed E-state index contributed by atoms with van der Waals surface area (Å²) in [4.78, 5) is 38.4. The second kappa shape index (κ2) is 8.38. The first-order chi connectivity index (χ1) is 14.9. The van der Waals surface area contributed by atoms with Crippen LogP contribution in [0.15, 0.2) is 65.6 Å². The number of para-hydroxylation sites is 1. The van der Waals surface area contributed by atoms with Crippen molar-refractivity contribution in [3.05, 3.63) is 86.3 Å². The number of amides is 2. The highest BCUT2D eigenvalue weighted by Crippen LogP contribution is 2.37. The van der Waals surface area contributed by atoms with Crippen LogP contribution in [0.4, 0.5) is 11.4 Å². The van der Waals surface area contributed by atoms with Crippen molar-refractivity contribution < 1.29 is 14.5 Å². The molecule has 7 nitrogen and oxygen atoms in total. The Balaban J connectivity index is 1.78. The number of nitrogens with one attached hydrogen (secondary N) is 1. The van der Waals surface area contributed by atoms with Crippen LogP contribution in [0.25, 0.3) is 16.5 Å². The molecule has 31 heavy (non-hydrogen) atoms. The fraction of sp³-hybridized carbons (Fsp3) is 0. The summed E-state index contributed by atoms with van der Waals surface area (Å²) in [5.74, 6) is -1.24. The molecule has 1 aromatic heterocycles. The Morgan fingerprint density at radius 1 is 1.10 bits per heavy atom. The Morgan fingerprint density at radius 3 is 2.52 bits per heavy atom. The van der Waals surface area contributed by atoms with E-state index in [4.69, 9.17) is 23.8 Å². The van der Waals surface area contributed by atoms with Gasteiger partial charge >= 0.3 is 0 Å². The van der Waals surface area contributed by atoms with Gasteiger partial charge in [-0.25, -0.2) is 0 Å². The lowest BCUT2D eigenvalue weighted by Gasteiger charge is -2.28. The Bertz CT molecular complexity index is 1270. The quantitative estimate of drug-likeness (QED) is 0.195. The third kappa shape index (κ3) is 3.98. The summed E-state index contributed by atoms with van der Waals surface area (Å²) in [6, 6.07) is 14.5. The molecule has 1 fully saturated rings. The van der Waals surface area contributed by atoms with E-state index < -0.39 is 16.7 Å². The average molecular weight is 470 g/mol. The van der Waals surface area contributed by atoms with Gasteiger partial charge < -0.3 is 0 Å². The standard InChI is InChI=1S/C21H12ClN3O4S2/c22-13-5-7-14(8-6-13)24-20(27)16(19(26)23-21(24)30)11-12-9-10-31-18(12)15-3-1-2-4-17(15)25(28)29/h1-11H,(H,23,26,30)/b16-11+. The van der Waals surface area contributed by atoms with E-state index in [0.717, 1.165) is 0 Å². The van der Waals surface area contributed by atoms with Crippen LogP contribution < -0.4 is 10.2 Å². The van der Waals surface area contributed by atoms with Gasteiger partial charge in [0, 0.05) is 16.0 Å². The molecule has 1 aliphatic heterocycles. The predicted octanol–water partition coefficient (Wildman–Crippen LogP) is 4.81. The molecule has 2 heterocycles. The molecule has 0 atom stereocenters. The minimum atomic E-state index is -0.639. The topological polar surface area (TPSA) is 92.6 Å². The number of hydrogen-bond donors (Lipinski definition) is 1. The molecule has 2 amide bonds. The van der Waals surface area contributed by atoms with E-state index in [1.54, 1.807) is 53.9 Å². The number of anilines is 1. The lowest BCUT2D eigenvalue weighted by Crippen LogP contribution is -2.54. The average Bonchev–Trinajstić information content (AvgIpc) is 3.20. The van der Waals surface area contributed by atoms with Crippen LogP contribution in [-0.4, -0.2) is 21.9 Å². The third-order valence-electron chi connectivity index (χ3n) is 4.53. The fourth-order valence-electron chi connectivity index (χ4n) is 3.11. The molecule has 0 aliphatic carbocycles. The first-order valence-corrected chi connectivity index (χ1v) is 10.5. The largest absolute Gasteiger partial charge is 0.298 e. The number of nitro benzene ring substituents is 1. The van der Waals surface area contributed by atoms with E-state index in [1.165, 1.54) is 28.4 Å². The van der Waals surface area contributed by atoms with Gasteiger partial charge in [-0.05, 0) is 65.6 Å². The van der Waals surface area contributed by atoms with Crippen molar-refractivity contribution in [1.29, 1.82) is 0 Å². The summed E-state index contributed by atoms with van der Waals surface area (Å²) in [6.07, 6.45) is 1.42. The Labute approximate surface area is 190 Å². The van der Waals surface area contributed by atoms with E-state index in [-0.39, 0.29) is 16.4 Å². The molecule has 1 N–H and O–H groups in total. The minimum Gasteiger partial charge on any atom is -0.298 e. The molecular weight excluding hydrogens is 458 g/mol. The van der Waals surface area contributed by atoms with E-state index in [2.05, 4.69) is 5.32 Å². The number of nitrogens with zero attached hydrogens (tertiary/aromatic N) is 2. The fourth-order valence-corrected chi connectivity index (χ4v) is 4.43. The molecule has 0 bridgehead atoms. The van der Waals surface area contributed by atoms with Crippen molar-refractivity contribution in [3.63, 3.8) is 0 Å². The van der Waals surface area contributed by atoms with Crippen molar-refractivity contribution >= 4 is 69.5 Å². The number of carbonyl (C=O) groups is 2. The maximum absolute atomic E-state index is 13.2. The summed E-state index contributed by atoms with van der Waals surface area (Å²) in [6.45, 7) is 0. The maximum atomic E-state index is 13.2. The summed E-state index contributed by atoms with van der Waals surface area (Å²) >= 11 is 12.4. The van der Waals surface area contributed by atoms with Gasteiger partial charge in [-0.1, -0.05) is 23.7 Å². The number of benzene rings is 2. The monoisotopic (exact) mass is 469 g/mol. The number of rotatable bonds is 4. The summed E-state index contributed by atoms with van der Waals surface area (Å²) in [7, 11) is 0. The molecule has 0 spiro atoms. The van der Waals surface area contributed by atoms with Gasteiger partial charge in [-0.15, -0.1) is 11.3 Å². The normalized spacial score (nSPS) is 15.3. The van der Waals surface area contributed by atoms with Gasteiger partial charge in [0.2, 0.25) is 0 Å². The maximum Gasteiger partial charge on any atom is 0.278 e. The molecule has 4 rings (SSSR count). The summed E-state index contributed by atoms with van der Waals surface area (Å²) < 4.78 is 0. The van der Waals surface area contributed by atoms with Crippen LogP contribution >= 0.6 is 35.2 Å². The molecule has 0 radical (unpaired) electrons. The highest BCUT2D eigenvalue weighted by Gasteiger charge is 2.34. The van der Waals surface area contributed by atoms with Gasteiger partial charge in [0.15, 0.2) is 5.11 Å². The number of thiophene rings is 1. The van der Waals surface area contributed by atoms with Crippen LogP contribution in [-0.2, 0) is 9.59 Å². The van der Waals surface area contributed by atoms with E-state index in [9.17, 15) is 19.7 Å². The number of carbonyl (C=O) groups excluding carboxylic acids is 2. The smallest absolute Gasteiger partial charge is 0.278 e. The SMILES string of the molecule is O=C1NC(=S)N(c2ccc(Cl)cc2)C(=O)/C1=C/c1ccsc1-c1ccccc1[N+](=O)[O-]. The molecular formula is C21H12ClN3O4S2. The lowest BCUT2D eigenvalue weighted by atomic mass is 10.0. The number of hydrogen-bond acceptors (Lipinski definition) is 6. The van der Waals surface area contributed by atoms with Crippen LogP contribution in [0.1, 0.15) is 5.56 Å². The second-order valence-electron chi connectivity index (χ2n) is 6.41. The number of nitro groups is 1. The molecule has 1 saturated heterocycles. The lowest BCUT2D eigenvalue weighted by molar-refractivity contribution is -0.384. The van der Waals surface area contributed by atoms with Crippen molar-refractivity contribution in [2.45, 2.75) is 0 Å². The van der Waals surface area contributed by atoms with Gasteiger partial charge in [-0.2, -0.15) is 0 Å². The predicted molar refractivity (Wildman–Crippen MR) is 124 cm³/mol. The molecule has 10 heteroatoms. The van der Waals surface area contributed by atoms with E-state index in [1.807, 2.05) is 0 Å². The van der Waals surface area contributed by atoms with Crippen LogP contribution in [0.2, 0.25) is 5.02 Å². The van der Waals surface area contributed by atoms with Gasteiger partial charge in [0.1, 0.15) is 5.57 Å². The second-order valence-corrected chi connectivity index (χ2v) is 8.15. The molecule has 1 aliphatic rings. The van der Waals surface area contributed by atoms with Crippen LogP contribution in [0.5, 0.6) is 0 Å². The molecule has 0 saturated carbocycles. The third-order valence-corrected chi connectivity index (χ3v) is 6.03. The number of halogens is 1. The summed E-state index contributed by atoms with van der Waals surface area (Å²) in [5, 5.41) is 16.1. The molecule has 0 unspecified atom stereocenters. The van der Waals surface area contributed by atoms with Crippen molar-refractivity contribution in [2.24, 2.45) is 0 Å². The zero-order valence-electron chi connectivity index (χ0n) is 15.6. The number of thiocarbonyl (C=S) groups is 1. The van der Waals surface area contributed by atoms with Gasteiger partial charge in [-0.3, -0.25) is 29.9 Å². The van der Waals surface area contributed by atoms with Crippen molar-refractivity contribution in [1.82, 2.24) is 5.32 Å². The first kappa shape index (κ1) is 20.9. The molecule has 3 aromatic rings. The highest BCUT2D eigenvalue weighted by molar-refractivity contribution is 7.80. The Kier molecular flexibility index (Phi) is 5.64. The van der Waals surface area contributed by atoms with Crippen LogP contribution in [0, 0.1) is 10.1 Å². The van der Waals surface area contributed by atoms with E-state index in [0.29, 0.717) is 26.7 Å².